The average Bonchev–Trinajstić information content (AvgIpc) is 3.48. The van der Waals surface area contributed by atoms with Gasteiger partial charge in [0.1, 0.15) is 11.5 Å². The smallest absolute Gasteiger partial charge is 0.227 e. The first-order valence-corrected chi connectivity index (χ1v) is 14.0. The molecule has 1 aliphatic heterocycles. The Hall–Kier alpha value is -3.44. The van der Waals surface area contributed by atoms with Crippen LogP contribution in [0.2, 0.25) is 0 Å². The summed E-state index contributed by atoms with van der Waals surface area (Å²) in [5, 5.41) is 13.2. The highest BCUT2D eigenvalue weighted by Crippen LogP contribution is 2.24. The molecule has 1 amide bonds. The average molecular weight is 613 g/mol. The summed E-state index contributed by atoms with van der Waals surface area (Å²) in [6.07, 6.45) is 2.12. The van der Waals surface area contributed by atoms with Crippen LogP contribution < -0.4 is 0 Å². The molecule has 1 aliphatic rings. The van der Waals surface area contributed by atoms with Gasteiger partial charge in [-0.05, 0) is 70.5 Å². The fourth-order valence-corrected chi connectivity index (χ4v) is 5.66. The topological polar surface area (TPSA) is 72.1 Å². The van der Waals surface area contributed by atoms with Crippen LogP contribution in [0.15, 0.2) is 47.1 Å². The maximum Gasteiger partial charge on any atom is 0.227 e. The number of hydrogen-bond acceptors (Lipinski definition) is 5. The molecule has 2 aromatic heterocycles. The zero-order valence-electron chi connectivity index (χ0n) is 23.2. The Bertz CT molecular complexity index is 1550. The maximum absolute atomic E-state index is 14.4. The molecule has 40 heavy (non-hydrogen) atoms. The van der Waals surface area contributed by atoms with Gasteiger partial charge in [-0.15, -0.1) is 5.10 Å². The fraction of sp³-hybridized carbons (Fsp3) is 0.379. The van der Waals surface area contributed by atoms with Gasteiger partial charge in [0.2, 0.25) is 5.91 Å². The van der Waals surface area contributed by atoms with Crippen molar-refractivity contribution < 1.29 is 13.6 Å². The molecule has 1 saturated heterocycles. The molecular weight excluding hydrogens is 580 g/mol. The Morgan fingerprint density at radius 3 is 2.45 bits per heavy atom. The Morgan fingerprint density at radius 2 is 1.77 bits per heavy atom. The van der Waals surface area contributed by atoms with Crippen LogP contribution in [0.1, 0.15) is 42.1 Å². The van der Waals surface area contributed by atoms with Gasteiger partial charge in [0.15, 0.2) is 5.82 Å². The number of benzene rings is 2. The van der Waals surface area contributed by atoms with Crippen molar-refractivity contribution in [1.82, 2.24) is 34.6 Å². The third-order valence-electron chi connectivity index (χ3n) is 7.65. The summed E-state index contributed by atoms with van der Waals surface area (Å²) in [5.74, 6) is -1.35. The first kappa shape index (κ1) is 28.1. The lowest BCUT2D eigenvalue weighted by Crippen LogP contribution is -2.57. The third kappa shape index (κ3) is 5.57. The molecule has 3 heterocycles. The van der Waals surface area contributed by atoms with Gasteiger partial charge in [-0.1, -0.05) is 21.1 Å². The Kier molecular flexibility index (Phi) is 7.87. The summed E-state index contributed by atoms with van der Waals surface area (Å²) in [6.45, 7) is 11.7. The molecule has 0 radical (unpaired) electrons. The summed E-state index contributed by atoms with van der Waals surface area (Å²) in [5.41, 5.74) is 5.18. The van der Waals surface area contributed by atoms with Crippen molar-refractivity contribution >= 4 is 21.8 Å². The van der Waals surface area contributed by atoms with Crippen LogP contribution in [0.3, 0.4) is 0 Å². The molecule has 5 rings (SSSR count). The lowest BCUT2D eigenvalue weighted by atomic mass is 10.0. The van der Waals surface area contributed by atoms with E-state index in [1.54, 1.807) is 18.5 Å². The van der Waals surface area contributed by atoms with E-state index < -0.39 is 11.6 Å². The quantitative estimate of drug-likeness (QED) is 0.304. The van der Waals surface area contributed by atoms with Crippen LogP contribution >= 0.6 is 15.9 Å². The molecule has 0 unspecified atom stereocenters. The normalized spacial score (nSPS) is 17.9. The lowest BCUT2D eigenvalue weighted by Gasteiger charge is -2.44. The Morgan fingerprint density at radius 1 is 1.05 bits per heavy atom. The molecule has 1 fully saturated rings. The van der Waals surface area contributed by atoms with Crippen LogP contribution in [0, 0.1) is 32.4 Å². The van der Waals surface area contributed by atoms with Gasteiger partial charge in [-0.3, -0.25) is 9.69 Å². The summed E-state index contributed by atoms with van der Waals surface area (Å²) in [4.78, 5) is 17.6. The number of amides is 1. The predicted molar refractivity (Wildman–Crippen MR) is 152 cm³/mol. The summed E-state index contributed by atoms with van der Waals surface area (Å²) in [6, 6.07) is 9.68. The minimum Gasteiger partial charge on any atom is -0.339 e. The van der Waals surface area contributed by atoms with Crippen molar-refractivity contribution in [1.29, 1.82) is 0 Å². The second-order valence-corrected chi connectivity index (χ2v) is 11.4. The first-order chi connectivity index (χ1) is 19.0. The van der Waals surface area contributed by atoms with Gasteiger partial charge in [-0.2, -0.15) is 5.10 Å². The Balaban J connectivity index is 1.25. The van der Waals surface area contributed by atoms with Crippen LogP contribution in [0.5, 0.6) is 0 Å². The van der Waals surface area contributed by atoms with E-state index in [1.165, 1.54) is 16.8 Å². The van der Waals surface area contributed by atoms with E-state index >= 15 is 0 Å². The molecule has 4 aromatic rings. The van der Waals surface area contributed by atoms with Crippen LogP contribution in [0.4, 0.5) is 8.78 Å². The van der Waals surface area contributed by atoms with Gasteiger partial charge < -0.3 is 4.90 Å². The standard InChI is InChI=1S/C29H32BrF2N7O/c1-17-10-24(7-8-26(17)30)38-16-23(33-35-38)15-37-18(2)13-36(14-19(37)3)29(40)12-25-20(4)34-39(21(25)5)28-9-6-22(31)11-27(28)32/h6-11,16,18-19H,12-15H2,1-5H3/t18-,19+. The molecule has 210 valence electrons. The number of rotatable bonds is 6. The van der Waals surface area contributed by atoms with Gasteiger partial charge in [0.25, 0.3) is 0 Å². The molecule has 0 aliphatic carbocycles. The molecule has 11 heteroatoms. The highest BCUT2D eigenvalue weighted by molar-refractivity contribution is 9.10. The van der Waals surface area contributed by atoms with Crippen molar-refractivity contribution in [2.45, 2.75) is 59.7 Å². The molecule has 0 N–H and O–H groups in total. The highest BCUT2D eigenvalue weighted by atomic mass is 79.9. The van der Waals surface area contributed by atoms with E-state index in [1.807, 2.05) is 30.2 Å². The zero-order valence-corrected chi connectivity index (χ0v) is 24.8. The third-order valence-corrected chi connectivity index (χ3v) is 8.54. The first-order valence-electron chi connectivity index (χ1n) is 13.2. The molecular formula is C29H32BrF2N7O. The van der Waals surface area contributed by atoms with Crippen molar-refractivity contribution in [3.63, 3.8) is 0 Å². The molecule has 8 nitrogen and oxygen atoms in total. The number of hydrogen-bond donors (Lipinski definition) is 0. The van der Waals surface area contributed by atoms with Crippen LogP contribution in [-0.4, -0.2) is 65.7 Å². The maximum atomic E-state index is 14.4. The van der Waals surface area contributed by atoms with Crippen molar-refractivity contribution in [3.05, 3.63) is 86.9 Å². The van der Waals surface area contributed by atoms with E-state index in [2.05, 4.69) is 56.2 Å². The fourth-order valence-electron chi connectivity index (χ4n) is 5.41. The Labute approximate surface area is 240 Å². The van der Waals surface area contributed by atoms with Crippen molar-refractivity contribution in [2.75, 3.05) is 13.1 Å². The molecule has 0 spiro atoms. The number of piperazine rings is 1. The highest BCUT2D eigenvalue weighted by Gasteiger charge is 2.33. The molecule has 0 bridgehead atoms. The number of nitrogens with zero attached hydrogens (tertiary/aromatic N) is 7. The van der Waals surface area contributed by atoms with Gasteiger partial charge >= 0.3 is 0 Å². The SMILES string of the molecule is Cc1cc(-n2cc(CN3[C@H](C)CN(C(=O)Cc4c(C)nn(-c5ccc(F)cc5F)c4C)C[C@@H]3C)nn2)ccc1Br. The van der Waals surface area contributed by atoms with E-state index in [-0.39, 0.29) is 30.1 Å². The number of halogens is 3. The van der Waals surface area contributed by atoms with Crippen molar-refractivity contribution in [2.24, 2.45) is 0 Å². The minimum atomic E-state index is -0.700. The number of aryl methyl sites for hydroxylation is 2. The second-order valence-electron chi connectivity index (χ2n) is 10.6. The van der Waals surface area contributed by atoms with Gasteiger partial charge in [0.05, 0.1) is 29.7 Å². The number of aromatic nitrogens is 5. The van der Waals surface area contributed by atoms with Crippen molar-refractivity contribution in [3.8, 4) is 11.4 Å². The summed E-state index contributed by atoms with van der Waals surface area (Å²) >= 11 is 3.53. The molecule has 0 saturated carbocycles. The number of carbonyl (C=O) groups is 1. The predicted octanol–water partition coefficient (Wildman–Crippen LogP) is 5.08. The summed E-state index contributed by atoms with van der Waals surface area (Å²) < 4.78 is 32.1. The van der Waals surface area contributed by atoms with E-state index in [0.717, 1.165) is 33.0 Å². The monoisotopic (exact) mass is 611 g/mol. The van der Waals surface area contributed by atoms with E-state index in [0.29, 0.717) is 31.0 Å². The molecule has 2 aromatic carbocycles. The largest absolute Gasteiger partial charge is 0.339 e. The van der Waals surface area contributed by atoms with E-state index in [9.17, 15) is 13.6 Å². The van der Waals surface area contributed by atoms with Gasteiger partial charge in [0, 0.05) is 53.5 Å². The van der Waals surface area contributed by atoms with Gasteiger partial charge in [-0.25, -0.2) is 18.1 Å². The van der Waals surface area contributed by atoms with Crippen LogP contribution in [0.25, 0.3) is 11.4 Å². The minimum absolute atomic E-state index is 0.000214. The zero-order chi connectivity index (χ0) is 28.7. The second kappa shape index (κ2) is 11.2. The van der Waals surface area contributed by atoms with E-state index in [4.69, 9.17) is 0 Å². The number of carbonyl (C=O) groups excluding carboxylic acids is 1. The molecule has 2 atom stereocenters. The lowest BCUT2D eigenvalue weighted by molar-refractivity contribution is -0.135. The van der Waals surface area contributed by atoms with Crippen LogP contribution in [-0.2, 0) is 17.8 Å². The summed E-state index contributed by atoms with van der Waals surface area (Å²) in [7, 11) is 0.